The number of primary sulfonamides is 1. The molecule has 1 aromatic rings. The third-order valence-corrected chi connectivity index (χ3v) is 5.49. The Morgan fingerprint density at radius 1 is 1.29 bits per heavy atom. The highest BCUT2D eigenvalue weighted by atomic mass is 32.2. The van der Waals surface area contributed by atoms with Crippen LogP contribution < -0.4 is 9.86 Å². The van der Waals surface area contributed by atoms with E-state index in [4.69, 9.17) is 10.2 Å². The second-order valence-electron chi connectivity index (χ2n) is 4.62. The summed E-state index contributed by atoms with van der Waals surface area (Å²) >= 11 is 0. The molecule has 0 aliphatic heterocycles. The monoisotopic (exact) mass is 336 g/mol. The molecule has 0 aliphatic carbocycles. The molecular formula is C11H16N2O6S2. The number of benzene rings is 1. The number of rotatable bonds is 6. The Hall–Kier alpha value is -1.49. The molecule has 8 nitrogen and oxygen atoms in total. The molecule has 0 bridgehead atoms. The Morgan fingerprint density at radius 2 is 1.81 bits per heavy atom. The lowest BCUT2D eigenvalue weighted by atomic mass is 10.0. The molecule has 0 amide bonds. The zero-order valence-electron chi connectivity index (χ0n) is 11.4. The molecule has 0 radical (unpaired) electrons. The summed E-state index contributed by atoms with van der Waals surface area (Å²) in [4.78, 5) is 10.4. The van der Waals surface area contributed by atoms with Crippen molar-refractivity contribution in [3.63, 3.8) is 0 Å². The van der Waals surface area contributed by atoms with E-state index in [9.17, 15) is 21.6 Å². The van der Waals surface area contributed by atoms with Crippen LogP contribution in [0.2, 0.25) is 0 Å². The van der Waals surface area contributed by atoms with Crippen molar-refractivity contribution in [2.24, 2.45) is 5.14 Å². The summed E-state index contributed by atoms with van der Waals surface area (Å²) in [6, 6.07) is 4.37. The van der Waals surface area contributed by atoms with Gasteiger partial charge in [-0.3, -0.25) is 4.79 Å². The van der Waals surface area contributed by atoms with Gasteiger partial charge in [0.2, 0.25) is 20.0 Å². The average molecular weight is 336 g/mol. The van der Waals surface area contributed by atoms with Gasteiger partial charge in [0.1, 0.15) is 5.54 Å². The minimum absolute atomic E-state index is 0.0104. The number of nitrogens with one attached hydrogen (secondary N) is 1. The molecule has 0 spiro atoms. The van der Waals surface area contributed by atoms with E-state index in [1.54, 1.807) is 0 Å². The lowest BCUT2D eigenvalue weighted by molar-refractivity contribution is -0.143. The molecule has 0 heterocycles. The highest BCUT2D eigenvalue weighted by Crippen LogP contribution is 2.18. The number of carbonyl (C=O) groups is 1. The Kier molecular flexibility index (Phi) is 4.78. The molecule has 4 N–H and O–H groups in total. The standard InChI is InChI=1S/C11H16N2O6S2/c1-3-11(2,10(14)15)13-21(18,19)9-6-4-5-8(7-9)20(12,16)17/h4-7,13H,3H2,1-2H3,(H,14,15)(H2,12,16,17). The molecule has 21 heavy (non-hydrogen) atoms. The predicted octanol–water partition coefficient (Wildman–Crippen LogP) is -0.134. The smallest absolute Gasteiger partial charge is 0.324 e. The van der Waals surface area contributed by atoms with Gasteiger partial charge in [-0.05, 0) is 31.5 Å². The largest absolute Gasteiger partial charge is 0.480 e. The summed E-state index contributed by atoms with van der Waals surface area (Å²) in [7, 11) is -8.27. The molecule has 1 atom stereocenters. The molecule has 0 aliphatic rings. The van der Waals surface area contributed by atoms with E-state index in [0.29, 0.717) is 0 Å². The van der Waals surface area contributed by atoms with Crippen LogP contribution in [0, 0.1) is 0 Å². The van der Waals surface area contributed by atoms with Crippen LogP contribution in [-0.2, 0) is 24.8 Å². The minimum Gasteiger partial charge on any atom is -0.480 e. The van der Waals surface area contributed by atoms with E-state index in [0.717, 1.165) is 18.2 Å². The Morgan fingerprint density at radius 3 is 2.24 bits per heavy atom. The zero-order valence-corrected chi connectivity index (χ0v) is 13.0. The normalized spacial score (nSPS) is 15.4. The minimum atomic E-state index is -4.21. The number of carboxylic acid groups (broad SMARTS) is 1. The number of hydrogen-bond acceptors (Lipinski definition) is 5. The second-order valence-corrected chi connectivity index (χ2v) is 7.86. The van der Waals surface area contributed by atoms with Gasteiger partial charge < -0.3 is 5.11 Å². The van der Waals surface area contributed by atoms with Gasteiger partial charge in [0.15, 0.2) is 0 Å². The van der Waals surface area contributed by atoms with Gasteiger partial charge in [-0.15, -0.1) is 0 Å². The zero-order chi connectivity index (χ0) is 16.5. The number of hydrogen-bond donors (Lipinski definition) is 3. The molecule has 0 saturated carbocycles. The summed E-state index contributed by atoms with van der Waals surface area (Å²) < 4.78 is 48.9. The molecule has 0 saturated heterocycles. The van der Waals surface area contributed by atoms with Gasteiger partial charge in [0, 0.05) is 0 Å². The van der Waals surface area contributed by atoms with Gasteiger partial charge in [-0.2, -0.15) is 4.72 Å². The summed E-state index contributed by atoms with van der Waals surface area (Å²) in [5, 5.41) is 14.0. The number of nitrogens with two attached hydrogens (primary N) is 1. The fourth-order valence-electron chi connectivity index (χ4n) is 1.44. The molecule has 0 fully saturated rings. The Bertz CT molecular complexity index is 757. The van der Waals surface area contributed by atoms with E-state index < -0.39 is 31.6 Å². The van der Waals surface area contributed by atoms with E-state index in [-0.39, 0.29) is 16.2 Å². The molecular weight excluding hydrogens is 320 g/mol. The number of sulfonamides is 2. The van der Waals surface area contributed by atoms with Gasteiger partial charge in [-0.25, -0.2) is 22.0 Å². The van der Waals surface area contributed by atoms with Gasteiger partial charge in [-0.1, -0.05) is 13.0 Å². The third-order valence-electron chi connectivity index (χ3n) is 2.98. The quantitative estimate of drug-likeness (QED) is 0.660. The highest BCUT2D eigenvalue weighted by Gasteiger charge is 2.36. The van der Waals surface area contributed by atoms with Crippen molar-refractivity contribution >= 4 is 26.0 Å². The van der Waals surface area contributed by atoms with Gasteiger partial charge in [0.05, 0.1) is 9.79 Å². The predicted molar refractivity (Wildman–Crippen MR) is 74.5 cm³/mol. The van der Waals surface area contributed by atoms with Crippen molar-refractivity contribution in [1.82, 2.24) is 4.72 Å². The first-order valence-electron chi connectivity index (χ1n) is 5.82. The summed E-state index contributed by atoms with van der Waals surface area (Å²) in [5.74, 6) is -1.34. The molecule has 118 valence electrons. The van der Waals surface area contributed by atoms with Crippen molar-refractivity contribution < 1.29 is 26.7 Å². The van der Waals surface area contributed by atoms with Crippen LogP contribution in [0.4, 0.5) is 0 Å². The van der Waals surface area contributed by atoms with Crippen LogP contribution in [0.5, 0.6) is 0 Å². The first-order valence-corrected chi connectivity index (χ1v) is 8.85. The second kappa shape index (κ2) is 5.72. The Labute approximate surface area is 123 Å². The Balaban J connectivity index is 3.30. The maximum Gasteiger partial charge on any atom is 0.324 e. The van der Waals surface area contributed by atoms with Crippen molar-refractivity contribution in [2.45, 2.75) is 35.6 Å². The molecule has 0 aromatic heterocycles. The van der Waals surface area contributed by atoms with Crippen LogP contribution in [0.1, 0.15) is 20.3 Å². The summed E-state index contributed by atoms with van der Waals surface area (Å²) in [5.41, 5.74) is -1.70. The van der Waals surface area contributed by atoms with Crippen LogP contribution in [0.3, 0.4) is 0 Å². The number of carboxylic acids is 1. The van der Waals surface area contributed by atoms with E-state index in [1.807, 2.05) is 0 Å². The van der Waals surface area contributed by atoms with Crippen LogP contribution in [-0.4, -0.2) is 33.5 Å². The van der Waals surface area contributed by atoms with Crippen LogP contribution in [0.25, 0.3) is 0 Å². The van der Waals surface area contributed by atoms with E-state index in [2.05, 4.69) is 4.72 Å². The van der Waals surface area contributed by atoms with Crippen molar-refractivity contribution in [2.75, 3.05) is 0 Å². The fourth-order valence-corrected chi connectivity index (χ4v) is 3.56. The van der Waals surface area contributed by atoms with Gasteiger partial charge in [0.25, 0.3) is 0 Å². The van der Waals surface area contributed by atoms with Crippen molar-refractivity contribution in [3.8, 4) is 0 Å². The highest BCUT2D eigenvalue weighted by molar-refractivity contribution is 7.90. The molecule has 10 heteroatoms. The summed E-state index contributed by atoms with van der Waals surface area (Å²) in [6.07, 6.45) is 0.0104. The van der Waals surface area contributed by atoms with E-state index in [1.165, 1.54) is 19.9 Å². The lowest BCUT2D eigenvalue weighted by Gasteiger charge is -2.24. The molecule has 1 unspecified atom stereocenters. The average Bonchev–Trinajstić information content (AvgIpc) is 2.37. The maximum atomic E-state index is 12.2. The van der Waals surface area contributed by atoms with Crippen LogP contribution in [0.15, 0.2) is 34.1 Å². The topological polar surface area (TPSA) is 144 Å². The van der Waals surface area contributed by atoms with Crippen molar-refractivity contribution in [1.29, 1.82) is 0 Å². The first kappa shape index (κ1) is 17.6. The maximum absolute atomic E-state index is 12.2. The van der Waals surface area contributed by atoms with Gasteiger partial charge >= 0.3 is 5.97 Å². The molecule has 1 aromatic carbocycles. The third kappa shape index (κ3) is 4.00. The van der Waals surface area contributed by atoms with Crippen LogP contribution >= 0.6 is 0 Å². The SMILES string of the molecule is CCC(C)(NS(=O)(=O)c1cccc(S(N)(=O)=O)c1)C(=O)O. The van der Waals surface area contributed by atoms with Crippen molar-refractivity contribution in [3.05, 3.63) is 24.3 Å². The molecule has 1 rings (SSSR count). The first-order chi connectivity index (χ1) is 9.42. The number of aliphatic carboxylic acids is 1. The lowest BCUT2D eigenvalue weighted by Crippen LogP contribution is -2.51. The summed E-state index contributed by atoms with van der Waals surface area (Å²) in [6.45, 7) is 2.73. The van der Waals surface area contributed by atoms with E-state index >= 15 is 0 Å². The fraction of sp³-hybridized carbons (Fsp3) is 0.364.